The van der Waals surface area contributed by atoms with E-state index in [-0.39, 0.29) is 12.2 Å². The van der Waals surface area contributed by atoms with Crippen molar-refractivity contribution in [2.75, 3.05) is 24.7 Å². The smallest absolute Gasteiger partial charge is 0.223 e. The standard InChI is InChI=1S/C15H22ClNO3/c1-4-19-13(3)20-11-7-10-17(12(2)18)15-9-6-5-8-14(15)16/h5-6,8-9,13H,4,7,10-11H2,1-3H3. The first-order valence-electron chi connectivity index (χ1n) is 6.82. The van der Waals surface area contributed by atoms with Gasteiger partial charge in [-0.2, -0.15) is 0 Å². The Morgan fingerprint density at radius 2 is 2.05 bits per heavy atom. The van der Waals surface area contributed by atoms with Crippen LogP contribution in [0.5, 0.6) is 0 Å². The van der Waals surface area contributed by atoms with E-state index in [0.717, 1.165) is 12.1 Å². The molecule has 1 rings (SSSR count). The van der Waals surface area contributed by atoms with E-state index in [1.54, 1.807) is 11.0 Å². The van der Waals surface area contributed by atoms with Crippen LogP contribution in [0.1, 0.15) is 27.2 Å². The van der Waals surface area contributed by atoms with Gasteiger partial charge in [0.2, 0.25) is 5.91 Å². The second kappa shape index (κ2) is 8.95. The Kier molecular flexibility index (Phi) is 7.59. The van der Waals surface area contributed by atoms with E-state index in [9.17, 15) is 4.79 Å². The Morgan fingerprint density at radius 1 is 1.35 bits per heavy atom. The number of amides is 1. The number of hydrogen-bond donors (Lipinski definition) is 0. The number of anilines is 1. The lowest BCUT2D eigenvalue weighted by Crippen LogP contribution is -2.30. The first-order valence-corrected chi connectivity index (χ1v) is 7.20. The zero-order chi connectivity index (χ0) is 15.0. The molecule has 20 heavy (non-hydrogen) atoms. The van der Waals surface area contributed by atoms with Crippen LogP contribution in [0, 0.1) is 0 Å². The minimum atomic E-state index is -0.217. The summed E-state index contributed by atoms with van der Waals surface area (Å²) in [6.07, 6.45) is 0.508. The second-order valence-corrected chi connectivity index (χ2v) is 4.78. The van der Waals surface area contributed by atoms with Gasteiger partial charge in [-0.3, -0.25) is 4.79 Å². The number of rotatable bonds is 8. The van der Waals surface area contributed by atoms with E-state index < -0.39 is 0 Å². The SMILES string of the molecule is CCOC(C)OCCCN(C(C)=O)c1ccccc1Cl. The Labute approximate surface area is 125 Å². The van der Waals surface area contributed by atoms with Crippen LogP contribution >= 0.6 is 11.6 Å². The average Bonchev–Trinajstić information content (AvgIpc) is 2.40. The predicted molar refractivity (Wildman–Crippen MR) is 81.1 cm³/mol. The van der Waals surface area contributed by atoms with Gasteiger partial charge in [-0.25, -0.2) is 0 Å². The highest BCUT2D eigenvalue weighted by atomic mass is 35.5. The van der Waals surface area contributed by atoms with Gasteiger partial charge in [0.25, 0.3) is 0 Å². The summed E-state index contributed by atoms with van der Waals surface area (Å²) in [5.41, 5.74) is 0.736. The van der Waals surface area contributed by atoms with Gasteiger partial charge < -0.3 is 14.4 Å². The van der Waals surface area contributed by atoms with Crippen LogP contribution in [0.2, 0.25) is 5.02 Å². The maximum absolute atomic E-state index is 11.7. The molecule has 0 saturated heterocycles. The lowest BCUT2D eigenvalue weighted by molar-refractivity contribution is -0.127. The highest BCUT2D eigenvalue weighted by molar-refractivity contribution is 6.33. The molecule has 0 aliphatic rings. The van der Waals surface area contributed by atoms with Gasteiger partial charge in [-0.15, -0.1) is 0 Å². The Morgan fingerprint density at radius 3 is 2.65 bits per heavy atom. The molecule has 1 unspecified atom stereocenters. The first-order chi connectivity index (χ1) is 9.56. The molecular formula is C15H22ClNO3. The molecule has 0 saturated carbocycles. The summed E-state index contributed by atoms with van der Waals surface area (Å²) in [4.78, 5) is 13.4. The fourth-order valence-electron chi connectivity index (χ4n) is 1.87. The minimum Gasteiger partial charge on any atom is -0.353 e. The molecule has 112 valence electrons. The van der Waals surface area contributed by atoms with Crippen molar-refractivity contribution in [1.29, 1.82) is 0 Å². The molecule has 0 aliphatic carbocycles. The van der Waals surface area contributed by atoms with E-state index in [1.165, 1.54) is 6.92 Å². The van der Waals surface area contributed by atoms with Gasteiger partial charge in [0.15, 0.2) is 6.29 Å². The van der Waals surface area contributed by atoms with E-state index in [1.807, 2.05) is 32.0 Å². The summed E-state index contributed by atoms with van der Waals surface area (Å²) in [7, 11) is 0. The second-order valence-electron chi connectivity index (χ2n) is 4.37. The van der Waals surface area contributed by atoms with E-state index in [0.29, 0.717) is 24.8 Å². The van der Waals surface area contributed by atoms with Gasteiger partial charge in [-0.1, -0.05) is 23.7 Å². The van der Waals surface area contributed by atoms with Crippen molar-refractivity contribution in [2.24, 2.45) is 0 Å². The van der Waals surface area contributed by atoms with Gasteiger partial charge in [0, 0.05) is 20.1 Å². The van der Waals surface area contributed by atoms with Gasteiger partial charge >= 0.3 is 0 Å². The molecule has 0 bridgehead atoms. The molecule has 5 heteroatoms. The maximum Gasteiger partial charge on any atom is 0.223 e. The molecule has 4 nitrogen and oxygen atoms in total. The normalized spacial score (nSPS) is 12.2. The van der Waals surface area contributed by atoms with Crippen LogP contribution in [0.25, 0.3) is 0 Å². The number of hydrogen-bond acceptors (Lipinski definition) is 3. The molecule has 0 spiro atoms. The van der Waals surface area contributed by atoms with Crippen molar-refractivity contribution in [3.8, 4) is 0 Å². The number of nitrogens with zero attached hydrogens (tertiary/aromatic N) is 1. The van der Waals surface area contributed by atoms with Gasteiger partial charge in [0.05, 0.1) is 17.3 Å². The van der Waals surface area contributed by atoms with Gasteiger partial charge in [0.1, 0.15) is 0 Å². The summed E-state index contributed by atoms with van der Waals surface area (Å²) >= 11 is 6.12. The van der Waals surface area contributed by atoms with Gasteiger partial charge in [-0.05, 0) is 32.4 Å². The fourth-order valence-corrected chi connectivity index (χ4v) is 2.11. The molecule has 1 amide bonds. The largest absolute Gasteiger partial charge is 0.353 e. The Bertz CT molecular complexity index is 425. The number of carbonyl (C=O) groups is 1. The number of halogens is 1. The molecule has 1 aromatic rings. The number of ether oxygens (including phenoxy) is 2. The van der Waals surface area contributed by atoms with Crippen molar-refractivity contribution >= 4 is 23.2 Å². The fraction of sp³-hybridized carbons (Fsp3) is 0.533. The quantitative estimate of drug-likeness (QED) is 0.545. The molecule has 1 atom stereocenters. The molecule has 1 aromatic carbocycles. The third kappa shape index (κ3) is 5.49. The molecule has 0 aromatic heterocycles. The predicted octanol–water partition coefficient (Wildman–Crippen LogP) is 3.48. The summed E-state index contributed by atoms with van der Waals surface area (Å²) in [5, 5.41) is 0.575. The summed E-state index contributed by atoms with van der Waals surface area (Å²) in [6.45, 7) is 7.05. The summed E-state index contributed by atoms with van der Waals surface area (Å²) in [5.74, 6) is -0.0315. The van der Waals surface area contributed by atoms with Crippen LogP contribution in [-0.4, -0.2) is 32.0 Å². The first kappa shape index (κ1) is 17.0. The third-order valence-corrected chi connectivity index (χ3v) is 3.12. The van der Waals surface area contributed by atoms with E-state index in [2.05, 4.69) is 0 Å². The molecular weight excluding hydrogens is 278 g/mol. The van der Waals surface area contributed by atoms with Crippen LogP contribution in [0.4, 0.5) is 5.69 Å². The molecule has 0 N–H and O–H groups in total. The average molecular weight is 300 g/mol. The Balaban J connectivity index is 2.49. The maximum atomic E-state index is 11.7. The van der Waals surface area contributed by atoms with Crippen LogP contribution in [0.15, 0.2) is 24.3 Å². The zero-order valence-electron chi connectivity index (χ0n) is 12.3. The van der Waals surface area contributed by atoms with E-state index >= 15 is 0 Å². The van der Waals surface area contributed by atoms with Crippen molar-refractivity contribution in [1.82, 2.24) is 0 Å². The van der Waals surface area contributed by atoms with Crippen molar-refractivity contribution in [3.63, 3.8) is 0 Å². The number of benzene rings is 1. The monoisotopic (exact) mass is 299 g/mol. The molecule has 0 fully saturated rings. The highest BCUT2D eigenvalue weighted by Crippen LogP contribution is 2.25. The number of para-hydroxylation sites is 1. The highest BCUT2D eigenvalue weighted by Gasteiger charge is 2.14. The third-order valence-electron chi connectivity index (χ3n) is 2.80. The lowest BCUT2D eigenvalue weighted by atomic mass is 10.2. The molecule has 0 heterocycles. The van der Waals surface area contributed by atoms with Crippen molar-refractivity contribution in [2.45, 2.75) is 33.5 Å². The zero-order valence-corrected chi connectivity index (χ0v) is 13.0. The van der Waals surface area contributed by atoms with E-state index in [4.69, 9.17) is 21.1 Å². The Hall–Kier alpha value is -1.10. The van der Waals surface area contributed by atoms with Crippen LogP contribution < -0.4 is 4.90 Å². The lowest BCUT2D eigenvalue weighted by Gasteiger charge is -2.22. The molecule has 0 radical (unpaired) electrons. The van der Waals surface area contributed by atoms with Crippen LogP contribution in [0.3, 0.4) is 0 Å². The van der Waals surface area contributed by atoms with Crippen LogP contribution in [-0.2, 0) is 14.3 Å². The summed E-state index contributed by atoms with van der Waals surface area (Å²) < 4.78 is 10.8. The van der Waals surface area contributed by atoms with Crippen molar-refractivity contribution < 1.29 is 14.3 Å². The topological polar surface area (TPSA) is 38.8 Å². The minimum absolute atomic E-state index is 0.0315. The summed E-state index contributed by atoms with van der Waals surface area (Å²) in [6, 6.07) is 7.33. The number of carbonyl (C=O) groups excluding carboxylic acids is 1. The molecule has 0 aliphatic heterocycles. The van der Waals surface area contributed by atoms with Crippen molar-refractivity contribution in [3.05, 3.63) is 29.3 Å².